The topological polar surface area (TPSA) is 87.5 Å². The first-order valence-corrected chi connectivity index (χ1v) is 13.7. The van der Waals surface area contributed by atoms with Crippen LogP contribution < -0.4 is 20.5 Å². The third-order valence-electron chi connectivity index (χ3n) is 7.64. The van der Waals surface area contributed by atoms with Gasteiger partial charge in [-0.05, 0) is 80.3 Å². The standard InChI is InChI=1S/C34H27N7O/c1-20-9-7-10-21(2)31(20)40-29(18-16-27-30-24(19-35-39-27)15-17-28(42)38-30)41(32-22(3)11-8-12-23(32)4)34-33(40)36-25-13-5-6-14-26(25)37-34/h5-19H,1-4H3/b27-16+. The lowest BCUT2D eigenvalue weighted by Crippen LogP contribution is -2.34. The molecule has 42 heavy (non-hydrogen) atoms. The van der Waals surface area contributed by atoms with Gasteiger partial charge in [-0.2, -0.15) is 5.10 Å². The summed E-state index contributed by atoms with van der Waals surface area (Å²) in [5.74, 6) is 1.97. The molecule has 0 fully saturated rings. The van der Waals surface area contributed by atoms with Gasteiger partial charge < -0.3 is 0 Å². The third-order valence-corrected chi connectivity index (χ3v) is 7.64. The normalized spacial score (nSPS) is 14.3. The molecule has 0 radical (unpaired) electrons. The third kappa shape index (κ3) is 4.07. The van der Waals surface area contributed by atoms with Crippen molar-refractivity contribution in [3.8, 4) is 0 Å². The molecule has 2 aromatic heterocycles. The van der Waals surface area contributed by atoms with Gasteiger partial charge in [-0.15, -0.1) is 5.10 Å². The largest absolute Gasteiger partial charge is 0.276 e. The van der Waals surface area contributed by atoms with Crippen molar-refractivity contribution in [3.05, 3.63) is 123 Å². The maximum absolute atomic E-state index is 12.2. The molecule has 0 bridgehead atoms. The summed E-state index contributed by atoms with van der Waals surface area (Å²) in [7, 11) is 0. The number of nitrogens with zero attached hydrogens (tertiary/aromatic N) is 7. The molecule has 7 rings (SSSR count). The second-order valence-electron chi connectivity index (χ2n) is 10.5. The molecule has 0 aliphatic carbocycles. The maximum atomic E-state index is 12.2. The van der Waals surface area contributed by atoms with Gasteiger partial charge in [0.15, 0.2) is 11.6 Å². The van der Waals surface area contributed by atoms with Crippen molar-refractivity contribution in [1.29, 1.82) is 0 Å². The van der Waals surface area contributed by atoms with Gasteiger partial charge in [-0.3, -0.25) is 14.6 Å². The van der Waals surface area contributed by atoms with Gasteiger partial charge in [0.05, 0.1) is 28.6 Å². The minimum absolute atomic E-state index is 0.319. The van der Waals surface area contributed by atoms with Gasteiger partial charge in [0.25, 0.3) is 5.91 Å². The van der Waals surface area contributed by atoms with Crippen molar-refractivity contribution in [2.45, 2.75) is 27.7 Å². The number of para-hydroxylation sites is 4. The first kappa shape index (κ1) is 25.5. The minimum Gasteiger partial charge on any atom is -0.276 e. The Balaban J connectivity index is 1.59. The highest BCUT2D eigenvalue weighted by atomic mass is 16.1. The summed E-state index contributed by atoms with van der Waals surface area (Å²) in [4.78, 5) is 31.1. The predicted octanol–water partition coefficient (Wildman–Crippen LogP) is 5.44. The van der Waals surface area contributed by atoms with Crippen molar-refractivity contribution >= 4 is 52.1 Å². The Morgan fingerprint density at radius 3 is 1.76 bits per heavy atom. The van der Waals surface area contributed by atoms with Crippen LogP contribution in [0.15, 0.2) is 89.8 Å². The van der Waals surface area contributed by atoms with Crippen LogP contribution in [-0.4, -0.2) is 26.1 Å². The summed E-state index contributed by atoms with van der Waals surface area (Å²) >= 11 is 0. The van der Waals surface area contributed by atoms with E-state index in [1.165, 1.54) is 6.08 Å². The molecule has 0 N–H and O–H groups in total. The molecule has 2 aliphatic rings. The highest BCUT2D eigenvalue weighted by Gasteiger charge is 2.38. The van der Waals surface area contributed by atoms with Gasteiger partial charge in [0, 0.05) is 11.6 Å². The zero-order chi connectivity index (χ0) is 29.0. The van der Waals surface area contributed by atoms with Crippen LogP contribution in [0.4, 0.5) is 23.0 Å². The van der Waals surface area contributed by atoms with E-state index in [4.69, 9.17) is 9.97 Å². The molecule has 8 nitrogen and oxygen atoms in total. The monoisotopic (exact) mass is 549 g/mol. The number of allylic oxidation sites excluding steroid dienone is 1. The lowest BCUT2D eigenvalue weighted by Gasteiger charge is -2.28. The Kier molecular flexibility index (Phi) is 5.97. The van der Waals surface area contributed by atoms with E-state index >= 15 is 0 Å². The van der Waals surface area contributed by atoms with Crippen LogP contribution in [0.25, 0.3) is 23.2 Å². The first-order valence-electron chi connectivity index (χ1n) is 13.7. The number of anilines is 4. The highest BCUT2D eigenvalue weighted by Crippen LogP contribution is 2.51. The lowest BCUT2D eigenvalue weighted by molar-refractivity contribution is -0.113. The number of hydrogen-bond acceptors (Lipinski definition) is 7. The van der Waals surface area contributed by atoms with E-state index < -0.39 is 0 Å². The van der Waals surface area contributed by atoms with E-state index in [0.29, 0.717) is 10.7 Å². The smallest absolute Gasteiger partial charge is 0.270 e. The van der Waals surface area contributed by atoms with Crippen molar-refractivity contribution in [3.63, 3.8) is 0 Å². The second-order valence-corrected chi connectivity index (χ2v) is 10.5. The molecule has 0 saturated carbocycles. The van der Waals surface area contributed by atoms with Crippen LogP contribution in [0.3, 0.4) is 0 Å². The molecule has 1 amide bonds. The lowest BCUT2D eigenvalue weighted by atomic mass is 10.1. The van der Waals surface area contributed by atoms with Crippen LogP contribution in [0.1, 0.15) is 27.8 Å². The van der Waals surface area contributed by atoms with Crippen LogP contribution in [0.2, 0.25) is 0 Å². The number of carbonyl (C=O) groups excluding carboxylic acids is 1. The number of aromatic nitrogens is 4. The van der Waals surface area contributed by atoms with Crippen molar-refractivity contribution in [1.82, 2.24) is 20.2 Å². The highest BCUT2D eigenvalue weighted by molar-refractivity contribution is 5.96. The van der Waals surface area contributed by atoms with Gasteiger partial charge >= 0.3 is 0 Å². The molecule has 4 heterocycles. The van der Waals surface area contributed by atoms with Gasteiger partial charge in [-0.1, -0.05) is 48.5 Å². The average Bonchev–Trinajstić information content (AvgIpc) is 3.27. The molecule has 8 heteroatoms. The number of rotatable bonds is 3. The fourth-order valence-electron chi connectivity index (χ4n) is 5.73. The van der Waals surface area contributed by atoms with Gasteiger partial charge in [0.1, 0.15) is 16.5 Å². The molecule has 0 unspecified atom stereocenters. The number of fused-ring (bicyclic) bond motifs is 3. The average molecular weight is 550 g/mol. The number of amides is 1. The molecule has 204 valence electrons. The number of hydrogen-bond donors (Lipinski definition) is 0. The summed E-state index contributed by atoms with van der Waals surface area (Å²) in [6.07, 6.45) is 8.63. The summed E-state index contributed by atoms with van der Waals surface area (Å²) in [6, 6.07) is 20.5. The van der Waals surface area contributed by atoms with E-state index in [9.17, 15) is 4.79 Å². The predicted molar refractivity (Wildman–Crippen MR) is 165 cm³/mol. The van der Waals surface area contributed by atoms with Crippen LogP contribution >= 0.6 is 0 Å². The quantitative estimate of drug-likeness (QED) is 0.296. The second kappa shape index (κ2) is 9.85. The van der Waals surface area contributed by atoms with E-state index in [2.05, 4.69) is 89.1 Å². The zero-order valence-electron chi connectivity index (χ0n) is 23.7. The SMILES string of the molecule is Cc1cccc(C)c1N1C(=C/C=c2/nncc3c2=NC(=O)C=C3)N(c2c(C)cccc2C)c2nc3ccccc3nc21. The molecule has 5 aromatic rings. The maximum Gasteiger partial charge on any atom is 0.270 e. The Morgan fingerprint density at radius 2 is 1.21 bits per heavy atom. The summed E-state index contributed by atoms with van der Waals surface area (Å²) in [6.45, 7) is 8.43. The van der Waals surface area contributed by atoms with E-state index in [1.807, 2.05) is 36.4 Å². The Bertz CT molecular complexity index is 1990. The molecular weight excluding hydrogens is 522 g/mol. The fourth-order valence-corrected chi connectivity index (χ4v) is 5.73. The molecule has 2 aliphatic heterocycles. The first-order chi connectivity index (χ1) is 20.4. The van der Waals surface area contributed by atoms with E-state index in [1.54, 1.807) is 12.3 Å². The van der Waals surface area contributed by atoms with Crippen LogP contribution in [0, 0.1) is 27.7 Å². The summed E-state index contributed by atoms with van der Waals surface area (Å²) < 4.78 is 0. The Hall–Kier alpha value is -5.50. The minimum atomic E-state index is -0.319. The fraction of sp³-hybridized carbons (Fsp3) is 0.118. The Morgan fingerprint density at radius 1 is 0.667 bits per heavy atom. The van der Waals surface area contributed by atoms with E-state index in [0.717, 1.165) is 67.7 Å². The number of carbonyl (C=O) groups is 1. The Labute approximate surface area is 242 Å². The molecular formula is C34H27N7O. The van der Waals surface area contributed by atoms with Crippen molar-refractivity contribution < 1.29 is 4.79 Å². The zero-order valence-corrected chi connectivity index (χ0v) is 23.7. The molecule has 0 spiro atoms. The summed E-state index contributed by atoms with van der Waals surface area (Å²) in [5.41, 5.74) is 8.84. The van der Waals surface area contributed by atoms with Gasteiger partial charge in [0.2, 0.25) is 0 Å². The van der Waals surface area contributed by atoms with Gasteiger partial charge in [-0.25, -0.2) is 15.0 Å². The van der Waals surface area contributed by atoms with Crippen LogP contribution in [-0.2, 0) is 4.79 Å². The van der Waals surface area contributed by atoms with Crippen molar-refractivity contribution in [2.75, 3.05) is 9.80 Å². The molecule has 0 atom stereocenters. The van der Waals surface area contributed by atoms with Crippen LogP contribution in [0.5, 0.6) is 0 Å². The van der Waals surface area contributed by atoms with Crippen molar-refractivity contribution in [2.24, 2.45) is 4.99 Å². The van der Waals surface area contributed by atoms with E-state index in [-0.39, 0.29) is 5.91 Å². The number of benzene rings is 3. The number of aryl methyl sites for hydroxylation is 4. The summed E-state index contributed by atoms with van der Waals surface area (Å²) in [5, 5.41) is 9.53. The molecule has 3 aromatic carbocycles. The molecule has 0 saturated heterocycles.